The molecule has 0 saturated carbocycles. The Balaban J connectivity index is 1.68. The highest BCUT2D eigenvalue weighted by molar-refractivity contribution is 7.89. The minimum atomic E-state index is -3.21. The molecule has 0 aliphatic carbocycles. The van der Waals surface area contributed by atoms with Crippen LogP contribution in [0.1, 0.15) is 43.7 Å². The molecule has 0 spiro atoms. The number of aromatic nitrogens is 1. The lowest BCUT2D eigenvalue weighted by atomic mass is 10.1. The van der Waals surface area contributed by atoms with Gasteiger partial charge in [-0.15, -0.1) is 0 Å². The molecule has 0 N–H and O–H groups in total. The molecule has 2 fully saturated rings. The molecular weight excluding hydrogens is 288 g/mol. The molecule has 0 unspecified atom stereocenters. The van der Waals surface area contributed by atoms with E-state index < -0.39 is 10.0 Å². The standard InChI is InChI=1S/C15H22N2O3S/c18-21(19,12-7-14-3-2-11-20-14)17-10-1-4-15(17)13-5-8-16-9-6-13/h5-6,8-9,14-15H,1-4,7,10-12H2/t14-,15+/m0/s1. The van der Waals surface area contributed by atoms with E-state index in [1.165, 1.54) is 0 Å². The summed E-state index contributed by atoms with van der Waals surface area (Å²) in [5, 5.41) is 0. The first-order valence-corrected chi connectivity index (χ1v) is 9.29. The zero-order valence-corrected chi connectivity index (χ0v) is 13.0. The molecule has 0 amide bonds. The van der Waals surface area contributed by atoms with Gasteiger partial charge >= 0.3 is 0 Å². The highest BCUT2D eigenvalue weighted by Crippen LogP contribution is 2.34. The molecule has 2 aliphatic heterocycles. The predicted molar refractivity (Wildman–Crippen MR) is 80.3 cm³/mol. The van der Waals surface area contributed by atoms with Crippen LogP contribution in [0.2, 0.25) is 0 Å². The first kappa shape index (κ1) is 14.9. The van der Waals surface area contributed by atoms with E-state index in [2.05, 4.69) is 4.98 Å². The molecular formula is C15H22N2O3S. The van der Waals surface area contributed by atoms with Crippen LogP contribution in [0.4, 0.5) is 0 Å². The minimum absolute atomic E-state index is 0.0255. The summed E-state index contributed by atoms with van der Waals surface area (Å²) in [7, 11) is -3.21. The Morgan fingerprint density at radius 1 is 1.24 bits per heavy atom. The Morgan fingerprint density at radius 3 is 2.76 bits per heavy atom. The van der Waals surface area contributed by atoms with Crippen molar-refractivity contribution in [2.24, 2.45) is 0 Å². The lowest BCUT2D eigenvalue weighted by molar-refractivity contribution is 0.108. The van der Waals surface area contributed by atoms with Gasteiger partial charge in [0, 0.05) is 31.6 Å². The molecule has 0 aromatic carbocycles. The molecule has 1 aromatic heterocycles. The summed E-state index contributed by atoms with van der Waals surface area (Å²) in [4.78, 5) is 4.01. The van der Waals surface area contributed by atoms with Gasteiger partial charge in [0.15, 0.2) is 0 Å². The Hall–Kier alpha value is -0.980. The second-order valence-corrected chi connectivity index (χ2v) is 7.83. The van der Waals surface area contributed by atoms with Gasteiger partial charge in [-0.2, -0.15) is 4.31 Å². The number of ether oxygens (including phenoxy) is 1. The minimum Gasteiger partial charge on any atom is -0.378 e. The van der Waals surface area contributed by atoms with Crippen molar-refractivity contribution in [1.82, 2.24) is 9.29 Å². The maximum absolute atomic E-state index is 12.6. The van der Waals surface area contributed by atoms with Crippen LogP contribution in [0.5, 0.6) is 0 Å². The fraction of sp³-hybridized carbons (Fsp3) is 0.667. The lowest BCUT2D eigenvalue weighted by Crippen LogP contribution is -2.33. The fourth-order valence-electron chi connectivity index (χ4n) is 3.26. The normalized spacial score (nSPS) is 27.2. The van der Waals surface area contributed by atoms with Crippen molar-refractivity contribution in [3.63, 3.8) is 0 Å². The first-order valence-electron chi connectivity index (χ1n) is 7.68. The van der Waals surface area contributed by atoms with Gasteiger partial charge in [-0.3, -0.25) is 4.98 Å². The van der Waals surface area contributed by atoms with Gasteiger partial charge in [0.2, 0.25) is 10.0 Å². The molecule has 2 aliphatic rings. The summed E-state index contributed by atoms with van der Waals surface area (Å²) in [6, 6.07) is 3.81. The Morgan fingerprint density at radius 2 is 2.05 bits per heavy atom. The molecule has 2 atom stereocenters. The summed E-state index contributed by atoms with van der Waals surface area (Å²) >= 11 is 0. The highest BCUT2D eigenvalue weighted by atomic mass is 32.2. The largest absolute Gasteiger partial charge is 0.378 e. The summed E-state index contributed by atoms with van der Waals surface area (Å²) in [5.74, 6) is 0.194. The van der Waals surface area contributed by atoms with E-state index >= 15 is 0 Å². The zero-order valence-electron chi connectivity index (χ0n) is 12.1. The van der Waals surface area contributed by atoms with E-state index in [0.29, 0.717) is 13.0 Å². The monoisotopic (exact) mass is 310 g/mol. The van der Waals surface area contributed by atoms with E-state index in [4.69, 9.17) is 4.74 Å². The fourth-order valence-corrected chi connectivity index (χ4v) is 5.08. The summed E-state index contributed by atoms with van der Waals surface area (Å²) in [6.45, 7) is 1.40. The molecule has 1 aromatic rings. The molecule has 2 saturated heterocycles. The van der Waals surface area contributed by atoms with Gasteiger partial charge < -0.3 is 4.74 Å². The van der Waals surface area contributed by atoms with Crippen molar-refractivity contribution < 1.29 is 13.2 Å². The van der Waals surface area contributed by atoms with Crippen LogP contribution in [0.3, 0.4) is 0 Å². The van der Waals surface area contributed by atoms with Crippen LogP contribution in [-0.2, 0) is 14.8 Å². The summed E-state index contributed by atoms with van der Waals surface area (Å²) < 4.78 is 32.5. The van der Waals surface area contributed by atoms with E-state index in [1.807, 2.05) is 12.1 Å². The van der Waals surface area contributed by atoms with E-state index in [1.54, 1.807) is 16.7 Å². The first-order chi connectivity index (χ1) is 10.2. The van der Waals surface area contributed by atoms with Crippen LogP contribution in [0.25, 0.3) is 0 Å². The van der Waals surface area contributed by atoms with Crippen molar-refractivity contribution in [3.8, 4) is 0 Å². The van der Waals surface area contributed by atoms with Crippen molar-refractivity contribution in [3.05, 3.63) is 30.1 Å². The van der Waals surface area contributed by atoms with Crippen LogP contribution >= 0.6 is 0 Å². The van der Waals surface area contributed by atoms with Crippen LogP contribution in [0, 0.1) is 0 Å². The van der Waals surface area contributed by atoms with Gasteiger partial charge in [0.1, 0.15) is 0 Å². The van der Waals surface area contributed by atoms with E-state index in [0.717, 1.165) is 37.9 Å². The average molecular weight is 310 g/mol. The van der Waals surface area contributed by atoms with Crippen molar-refractivity contribution >= 4 is 10.0 Å². The quantitative estimate of drug-likeness (QED) is 0.836. The third-order valence-electron chi connectivity index (χ3n) is 4.37. The topological polar surface area (TPSA) is 59.5 Å². The van der Waals surface area contributed by atoms with Crippen LogP contribution < -0.4 is 0 Å². The molecule has 0 bridgehead atoms. The highest BCUT2D eigenvalue weighted by Gasteiger charge is 2.35. The Labute approximate surface area is 126 Å². The van der Waals surface area contributed by atoms with E-state index in [9.17, 15) is 8.42 Å². The molecule has 3 rings (SSSR count). The molecule has 0 radical (unpaired) electrons. The number of nitrogens with zero attached hydrogens (tertiary/aromatic N) is 2. The van der Waals surface area contributed by atoms with Crippen LogP contribution in [-0.4, -0.2) is 42.7 Å². The van der Waals surface area contributed by atoms with Crippen LogP contribution in [0.15, 0.2) is 24.5 Å². The molecule has 3 heterocycles. The van der Waals surface area contributed by atoms with Gasteiger partial charge in [-0.25, -0.2) is 8.42 Å². The van der Waals surface area contributed by atoms with Gasteiger partial charge in [-0.1, -0.05) is 0 Å². The molecule has 5 nitrogen and oxygen atoms in total. The number of sulfonamides is 1. The predicted octanol–water partition coefficient (Wildman–Crippen LogP) is 2.12. The Bertz CT molecular complexity index is 556. The van der Waals surface area contributed by atoms with Gasteiger partial charge in [0.05, 0.1) is 11.9 Å². The summed E-state index contributed by atoms with van der Waals surface area (Å²) in [5.41, 5.74) is 1.04. The third-order valence-corrected chi connectivity index (χ3v) is 6.28. The second kappa shape index (κ2) is 6.42. The molecule has 116 valence electrons. The number of rotatable bonds is 5. The number of pyridine rings is 1. The maximum Gasteiger partial charge on any atom is 0.214 e. The van der Waals surface area contributed by atoms with Gasteiger partial charge in [-0.05, 0) is 49.8 Å². The zero-order chi connectivity index (χ0) is 14.7. The van der Waals surface area contributed by atoms with E-state index in [-0.39, 0.29) is 17.9 Å². The lowest BCUT2D eigenvalue weighted by Gasteiger charge is -2.24. The molecule has 21 heavy (non-hydrogen) atoms. The maximum atomic E-state index is 12.6. The average Bonchev–Trinajstić information content (AvgIpc) is 3.18. The van der Waals surface area contributed by atoms with Gasteiger partial charge in [0.25, 0.3) is 0 Å². The second-order valence-electron chi connectivity index (χ2n) is 5.79. The SMILES string of the molecule is O=S(=O)(CC[C@@H]1CCCO1)N1CCC[C@@H]1c1ccncc1. The van der Waals surface area contributed by atoms with Crippen molar-refractivity contribution in [2.75, 3.05) is 18.9 Å². The van der Waals surface area contributed by atoms with Crippen molar-refractivity contribution in [2.45, 2.75) is 44.2 Å². The molecule has 6 heteroatoms. The number of hydrogen-bond acceptors (Lipinski definition) is 4. The third kappa shape index (κ3) is 3.44. The Kier molecular flexibility index (Phi) is 4.57. The smallest absolute Gasteiger partial charge is 0.214 e. The van der Waals surface area contributed by atoms with Crippen molar-refractivity contribution in [1.29, 1.82) is 0 Å². The number of hydrogen-bond donors (Lipinski definition) is 0. The summed E-state index contributed by atoms with van der Waals surface area (Å²) in [6.07, 6.45) is 8.05.